The van der Waals surface area contributed by atoms with Crippen molar-refractivity contribution in [1.29, 1.82) is 0 Å². The van der Waals surface area contributed by atoms with Gasteiger partial charge in [0.15, 0.2) is 0 Å². The number of aliphatic hydroxyl groups is 1. The van der Waals surface area contributed by atoms with Gasteiger partial charge in [-0.3, -0.25) is 0 Å². The third-order valence-corrected chi connectivity index (χ3v) is 3.38. The second kappa shape index (κ2) is 3.56. The van der Waals surface area contributed by atoms with Gasteiger partial charge in [-0.15, -0.1) is 0 Å². The highest BCUT2D eigenvalue weighted by molar-refractivity contribution is 6.31. The van der Waals surface area contributed by atoms with E-state index in [2.05, 4.69) is 0 Å². The molecule has 76 valence electrons. The maximum absolute atomic E-state index is 10.4. The molecule has 0 saturated heterocycles. The summed E-state index contributed by atoms with van der Waals surface area (Å²) in [5.41, 5.74) is 1.41. The van der Waals surface area contributed by atoms with Gasteiger partial charge >= 0.3 is 0 Å². The van der Waals surface area contributed by atoms with Gasteiger partial charge in [-0.2, -0.15) is 0 Å². The molecule has 14 heavy (non-hydrogen) atoms. The number of hydrogen-bond acceptors (Lipinski definition) is 1. The second-order valence-electron chi connectivity index (χ2n) is 4.22. The highest BCUT2D eigenvalue weighted by Gasteiger charge is 2.34. The summed E-state index contributed by atoms with van der Waals surface area (Å²) < 4.78 is 0. The standard InChI is InChI=1S/C12H15ClO/c1-9-4-5-11(13)10(8-9)12(14)6-2-3-7-12/h4-5,8,14H,2-3,6-7H2,1H3. The third kappa shape index (κ3) is 1.67. The van der Waals surface area contributed by atoms with E-state index in [1.807, 2.05) is 25.1 Å². The first kappa shape index (κ1) is 10.0. The molecule has 2 rings (SSSR count). The van der Waals surface area contributed by atoms with Crippen molar-refractivity contribution in [1.82, 2.24) is 0 Å². The van der Waals surface area contributed by atoms with E-state index in [9.17, 15) is 5.11 Å². The number of aryl methyl sites for hydroxylation is 1. The van der Waals surface area contributed by atoms with Crippen molar-refractivity contribution in [3.63, 3.8) is 0 Å². The van der Waals surface area contributed by atoms with Crippen molar-refractivity contribution < 1.29 is 5.11 Å². The first-order valence-electron chi connectivity index (χ1n) is 5.11. The Morgan fingerprint density at radius 3 is 2.57 bits per heavy atom. The molecule has 1 nitrogen and oxygen atoms in total. The van der Waals surface area contributed by atoms with Crippen molar-refractivity contribution in [2.24, 2.45) is 0 Å². The lowest BCUT2D eigenvalue weighted by Gasteiger charge is -2.24. The smallest absolute Gasteiger partial charge is 0.0911 e. The Kier molecular flexibility index (Phi) is 2.54. The highest BCUT2D eigenvalue weighted by Crippen LogP contribution is 2.41. The van der Waals surface area contributed by atoms with Gasteiger partial charge < -0.3 is 5.11 Å². The molecule has 1 aromatic rings. The Hall–Kier alpha value is -0.530. The fraction of sp³-hybridized carbons (Fsp3) is 0.500. The van der Waals surface area contributed by atoms with Crippen LogP contribution in [0.25, 0.3) is 0 Å². The molecule has 0 heterocycles. The third-order valence-electron chi connectivity index (χ3n) is 3.05. The summed E-state index contributed by atoms with van der Waals surface area (Å²) in [6.07, 6.45) is 3.88. The molecule has 0 bridgehead atoms. The van der Waals surface area contributed by atoms with Crippen molar-refractivity contribution in [3.05, 3.63) is 34.3 Å². The van der Waals surface area contributed by atoms with E-state index in [0.717, 1.165) is 36.8 Å². The van der Waals surface area contributed by atoms with Crippen LogP contribution in [-0.2, 0) is 5.60 Å². The van der Waals surface area contributed by atoms with Crippen LogP contribution in [0.4, 0.5) is 0 Å². The molecule has 0 spiro atoms. The van der Waals surface area contributed by atoms with Gasteiger partial charge in [0, 0.05) is 10.6 Å². The number of halogens is 1. The molecule has 0 atom stereocenters. The van der Waals surface area contributed by atoms with E-state index in [1.54, 1.807) is 0 Å². The molecular formula is C12H15ClO. The van der Waals surface area contributed by atoms with E-state index < -0.39 is 5.60 Å². The van der Waals surface area contributed by atoms with Gasteiger partial charge in [-0.25, -0.2) is 0 Å². The number of benzene rings is 1. The van der Waals surface area contributed by atoms with Crippen LogP contribution in [-0.4, -0.2) is 5.11 Å². The summed E-state index contributed by atoms with van der Waals surface area (Å²) in [5.74, 6) is 0. The first-order chi connectivity index (χ1) is 6.62. The average molecular weight is 211 g/mol. The van der Waals surface area contributed by atoms with E-state index in [-0.39, 0.29) is 0 Å². The first-order valence-corrected chi connectivity index (χ1v) is 5.49. The van der Waals surface area contributed by atoms with Crippen molar-refractivity contribution in [2.75, 3.05) is 0 Å². The molecule has 1 aliphatic carbocycles. The predicted octanol–water partition coefficient (Wildman–Crippen LogP) is 3.41. The molecule has 0 amide bonds. The second-order valence-corrected chi connectivity index (χ2v) is 4.63. The lowest BCUT2D eigenvalue weighted by atomic mass is 9.91. The van der Waals surface area contributed by atoms with Crippen molar-refractivity contribution in [3.8, 4) is 0 Å². The Morgan fingerprint density at radius 1 is 1.29 bits per heavy atom. The Labute approximate surface area is 89.7 Å². The minimum absolute atomic E-state index is 0.664. The zero-order valence-electron chi connectivity index (χ0n) is 8.39. The fourth-order valence-electron chi connectivity index (χ4n) is 2.22. The zero-order valence-corrected chi connectivity index (χ0v) is 9.14. The summed E-state index contributed by atoms with van der Waals surface area (Å²) in [6.45, 7) is 2.03. The SMILES string of the molecule is Cc1ccc(Cl)c(C2(O)CCCC2)c1. The van der Waals surface area contributed by atoms with Crippen LogP contribution in [0.3, 0.4) is 0 Å². The lowest BCUT2D eigenvalue weighted by Crippen LogP contribution is -2.21. The fourth-order valence-corrected chi connectivity index (χ4v) is 2.52. The Bertz CT molecular complexity index is 340. The van der Waals surface area contributed by atoms with Crippen LogP contribution in [0.2, 0.25) is 5.02 Å². The molecule has 1 fully saturated rings. The van der Waals surface area contributed by atoms with E-state index >= 15 is 0 Å². The van der Waals surface area contributed by atoms with Crippen LogP contribution >= 0.6 is 11.6 Å². The predicted molar refractivity (Wildman–Crippen MR) is 58.6 cm³/mol. The molecular weight excluding hydrogens is 196 g/mol. The normalized spacial score (nSPS) is 19.9. The lowest BCUT2D eigenvalue weighted by molar-refractivity contribution is 0.0445. The van der Waals surface area contributed by atoms with Gasteiger partial charge in [0.25, 0.3) is 0 Å². The average Bonchev–Trinajstić information content (AvgIpc) is 2.58. The molecule has 1 aromatic carbocycles. The Balaban J connectivity index is 2.44. The van der Waals surface area contributed by atoms with Crippen LogP contribution in [0.5, 0.6) is 0 Å². The minimum atomic E-state index is -0.664. The van der Waals surface area contributed by atoms with Gasteiger partial charge in [0.2, 0.25) is 0 Å². The van der Waals surface area contributed by atoms with Gasteiger partial charge in [-0.1, -0.05) is 42.1 Å². The largest absolute Gasteiger partial charge is 0.385 e. The maximum atomic E-state index is 10.4. The van der Waals surface area contributed by atoms with Crippen LogP contribution in [0, 0.1) is 6.92 Å². The topological polar surface area (TPSA) is 20.2 Å². The van der Waals surface area contributed by atoms with E-state index in [4.69, 9.17) is 11.6 Å². The van der Waals surface area contributed by atoms with Gasteiger partial charge in [-0.05, 0) is 25.8 Å². The summed E-state index contributed by atoms with van der Waals surface area (Å²) in [4.78, 5) is 0. The van der Waals surface area contributed by atoms with Crippen molar-refractivity contribution in [2.45, 2.75) is 38.2 Å². The monoisotopic (exact) mass is 210 g/mol. The minimum Gasteiger partial charge on any atom is -0.385 e. The molecule has 0 unspecified atom stereocenters. The van der Waals surface area contributed by atoms with E-state index in [1.165, 1.54) is 0 Å². The quantitative estimate of drug-likeness (QED) is 0.753. The summed E-state index contributed by atoms with van der Waals surface area (Å²) in [6, 6.07) is 5.86. The molecule has 0 aliphatic heterocycles. The zero-order chi connectivity index (χ0) is 10.2. The van der Waals surface area contributed by atoms with Crippen molar-refractivity contribution >= 4 is 11.6 Å². The molecule has 0 aromatic heterocycles. The van der Waals surface area contributed by atoms with Gasteiger partial charge in [0.05, 0.1) is 5.60 Å². The van der Waals surface area contributed by atoms with Crippen LogP contribution in [0.1, 0.15) is 36.8 Å². The maximum Gasteiger partial charge on any atom is 0.0911 e. The molecule has 2 heteroatoms. The molecule has 0 radical (unpaired) electrons. The van der Waals surface area contributed by atoms with Gasteiger partial charge in [0.1, 0.15) is 0 Å². The van der Waals surface area contributed by atoms with Crippen LogP contribution < -0.4 is 0 Å². The van der Waals surface area contributed by atoms with E-state index in [0.29, 0.717) is 5.02 Å². The summed E-state index contributed by atoms with van der Waals surface area (Å²) in [7, 11) is 0. The van der Waals surface area contributed by atoms with Crippen LogP contribution in [0.15, 0.2) is 18.2 Å². The Morgan fingerprint density at radius 2 is 1.93 bits per heavy atom. The molecule has 1 N–H and O–H groups in total. The number of rotatable bonds is 1. The highest BCUT2D eigenvalue weighted by atomic mass is 35.5. The molecule has 1 aliphatic rings. The summed E-state index contributed by atoms with van der Waals surface area (Å²) in [5, 5.41) is 11.1. The molecule has 1 saturated carbocycles. The summed E-state index contributed by atoms with van der Waals surface area (Å²) >= 11 is 6.11. The number of hydrogen-bond donors (Lipinski definition) is 1.